The van der Waals surface area contributed by atoms with Crippen LogP contribution in [0.2, 0.25) is 0 Å². The molecular formula is C11H18N4O. The Labute approximate surface area is 94.8 Å². The molecule has 0 atom stereocenters. The molecule has 1 aromatic heterocycles. The highest BCUT2D eigenvalue weighted by molar-refractivity contribution is 5.95. The van der Waals surface area contributed by atoms with Crippen LogP contribution in [0, 0.1) is 0 Å². The van der Waals surface area contributed by atoms with Gasteiger partial charge in [0.1, 0.15) is 0 Å². The Hall–Kier alpha value is -1.52. The van der Waals surface area contributed by atoms with E-state index in [-0.39, 0.29) is 5.69 Å². The second-order valence-electron chi connectivity index (χ2n) is 4.42. The summed E-state index contributed by atoms with van der Waals surface area (Å²) in [4.78, 5) is 11.1. The summed E-state index contributed by atoms with van der Waals surface area (Å²) in [7, 11) is 0. The molecule has 0 bridgehead atoms. The van der Waals surface area contributed by atoms with Gasteiger partial charge in [-0.3, -0.25) is 9.48 Å². The first-order chi connectivity index (χ1) is 7.68. The van der Waals surface area contributed by atoms with Crippen molar-refractivity contribution in [2.24, 2.45) is 5.73 Å². The fraction of sp³-hybridized carbons (Fsp3) is 0.636. The van der Waals surface area contributed by atoms with Crippen LogP contribution in [0.15, 0.2) is 6.20 Å². The Kier molecular flexibility index (Phi) is 3.12. The number of hydrogen-bond acceptors (Lipinski definition) is 3. The molecule has 0 aromatic carbocycles. The normalized spacial score (nSPS) is 18.2. The fourth-order valence-corrected chi connectivity index (χ4v) is 2.31. The third-order valence-corrected chi connectivity index (χ3v) is 3.19. The lowest BCUT2D eigenvalue weighted by molar-refractivity contribution is 0.0995. The predicted octanol–water partition coefficient (Wildman–Crippen LogP) is 1.46. The summed E-state index contributed by atoms with van der Waals surface area (Å²) >= 11 is 0. The second-order valence-corrected chi connectivity index (χ2v) is 4.42. The number of primary amides is 1. The van der Waals surface area contributed by atoms with Crippen LogP contribution in [0.25, 0.3) is 0 Å². The van der Waals surface area contributed by atoms with Crippen LogP contribution >= 0.6 is 0 Å². The number of amides is 1. The zero-order valence-electron chi connectivity index (χ0n) is 9.35. The van der Waals surface area contributed by atoms with Crippen LogP contribution in [-0.2, 0) is 0 Å². The van der Waals surface area contributed by atoms with Gasteiger partial charge in [-0.05, 0) is 12.8 Å². The average molecular weight is 222 g/mol. The summed E-state index contributed by atoms with van der Waals surface area (Å²) < 4.78 is 1.82. The molecule has 16 heavy (non-hydrogen) atoms. The van der Waals surface area contributed by atoms with Gasteiger partial charge in [0.05, 0.1) is 11.7 Å². The van der Waals surface area contributed by atoms with E-state index in [1.54, 1.807) is 6.20 Å². The van der Waals surface area contributed by atoms with Gasteiger partial charge < -0.3 is 11.5 Å². The molecule has 5 heteroatoms. The zero-order chi connectivity index (χ0) is 11.5. The third-order valence-electron chi connectivity index (χ3n) is 3.19. The maximum atomic E-state index is 11.1. The Balaban J connectivity index is 2.19. The average Bonchev–Trinajstić information content (AvgIpc) is 2.50. The molecule has 1 aliphatic carbocycles. The zero-order valence-corrected chi connectivity index (χ0v) is 9.35. The molecule has 1 aromatic rings. The molecule has 1 aliphatic rings. The van der Waals surface area contributed by atoms with E-state index >= 15 is 0 Å². The number of nitrogens with two attached hydrogens (primary N) is 2. The molecule has 0 unspecified atom stereocenters. The fourth-order valence-electron chi connectivity index (χ4n) is 2.31. The van der Waals surface area contributed by atoms with E-state index in [9.17, 15) is 4.79 Å². The smallest absolute Gasteiger partial charge is 0.271 e. The van der Waals surface area contributed by atoms with E-state index in [1.807, 2.05) is 4.68 Å². The Morgan fingerprint density at radius 3 is 2.44 bits per heavy atom. The Bertz CT molecular complexity index is 377. The van der Waals surface area contributed by atoms with Gasteiger partial charge in [-0.2, -0.15) is 5.10 Å². The third kappa shape index (κ3) is 2.18. The van der Waals surface area contributed by atoms with Crippen LogP contribution in [0.1, 0.15) is 55.1 Å². The summed E-state index contributed by atoms with van der Waals surface area (Å²) in [6.07, 6.45) is 8.97. The van der Waals surface area contributed by atoms with Gasteiger partial charge in [-0.25, -0.2) is 0 Å². The molecule has 2 rings (SSSR count). The second kappa shape index (κ2) is 4.55. The molecule has 88 valence electrons. The van der Waals surface area contributed by atoms with Crippen molar-refractivity contribution in [3.63, 3.8) is 0 Å². The maximum Gasteiger partial charge on any atom is 0.271 e. The van der Waals surface area contributed by atoms with Crippen molar-refractivity contribution in [1.29, 1.82) is 0 Å². The minimum atomic E-state index is -0.551. The van der Waals surface area contributed by atoms with Gasteiger partial charge in [0, 0.05) is 6.20 Å². The summed E-state index contributed by atoms with van der Waals surface area (Å²) in [5.41, 5.74) is 11.5. The summed E-state index contributed by atoms with van der Waals surface area (Å²) in [5, 5.41) is 4.19. The van der Waals surface area contributed by atoms with Crippen molar-refractivity contribution in [2.75, 3.05) is 5.73 Å². The Morgan fingerprint density at radius 2 is 1.94 bits per heavy atom. The molecule has 1 heterocycles. The van der Waals surface area contributed by atoms with E-state index in [4.69, 9.17) is 11.5 Å². The van der Waals surface area contributed by atoms with Crippen LogP contribution in [0.3, 0.4) is 0 Å². The summed E-state index contributed by atoms with van der Waals surface area (Å²) in [6.45, 7) is 0. The minimum Gasteiger partial charge on any atom is -0.396 e. The van der Waals surface area contributed by atoms with Crippen LogP contribution < -0.4 is 11.5 Å². The van der Waals surface area contributed by atoms with Crippen molar-refractivity contribution in [3.05, 3.63) is 11.9 Å². The van der Waals surface area contributed by atoms with Gasteiger partial charge in [-0.1, -0.05) is 25.7 Å². The number of nitrogen functional groups attached to an aromatic ring is 1. The van der Waals surface area contributed by atoms with E-state index in [0.717, 1.165) is 12.8 Å². The highest BCUT2D eigenvalue weighted by Gasteiger charge is 2.18. The van der Waals surface area contributed by atoms with Gasteiger partial charge in [0.25, 0.3) is 5.91 Å². The first kappa shape index (κ1) is 11.0. The van der Waals surface area contributed by atoms with Crippen LogP contribution in [-0.4, -0.2) is 15.7 Å². The van der Waals surface area contributed by atoms with Gasteiger partial charge in [0.2, 0.25) is 0 Å². The summed E-state index contributed by atoms with van der Waals surface area (Å²) in [5.74, 6) is -0.551. The number of rotatable bonds is 2. The van der Waals surface area contributed by atoms with E-state index < -0.39 is 5.91 Å². The quantitative estimate of drug-likeness (QED) is 0.742. The molecule has 0 saturated heterocycles. The molecule has 4 N–H and O–H groups in total. The number of carbonyl (C=O) groups is 1. The Morgan fingerprint density at radius 1 is 1.31 bits per heavy atom. The first-order valence-electron chi connectivity index (χ1n) is 5.83. The highest BCUT2D eigenvalue weighted by atomic mass is 16.1. The van der Waals surface area contributed by atoms with E-state index in [0.29, 0.717) is 11.7 Å². The van der Waals surface area contributed by atoms with Gasteiger partial charge in [-0.15, -0.1) is 0 Å². The van der Waals surface area contributed by atoms with Crippen LogP contribution in [0.5, 0.6) is 0 Å². The monoisotopic (exact) mass is 222 g/mol. The first-order valence-corrected chi connectivity index (χ1v) is 5.83. The lowest BCUT2D eigenvalue weighted by Gasteiger charge is -2.13. The van der Waals surface area contributed by atoms with Crippen molar-refractivity contribution in [3.8, 4) is 0 Å². The van der Waals surface area contributed by atoms with Gasteiger partial charge >= 0.3 is 0 Å². The van der Waals surface area contributed by atoms with Gasteiger partial charge in [0.15, 0.2) is 5.69 Å². The molecule has 1 saturated carbocycles. The van der Waals surface area contributed by atoms with Crippen molar-refractivity contribution < 1.29 is 4.79 Å². The molecule has 0 aliphatic heterocycles. The molecule has 0 spiro atoms. The number of carbonyl (C=O) groups excluding carboxylic acids is 1. The molecular weight excluding hydrogens is 204 g/mol. The SMILES string of the molecule is NC(=O)c1nn(C2CCCCCC2)cc1N. The number of aromatic nitrogens is 2. The topological polar surface area (TPSA) is 86.9 Å². The minimum absolute atomic E-state index is 0.198. The molecule has 0 radical (unpaired) electrons. The summed E-state index contributed by atoms with van der Waals surface area (Å²) in [6, 6.07) is 0.373. The van der Waals surface area contributed by atoms with Crippen LogP contribution in [0.4, 0.5) is 5.69 Å². The van der Waals surface area contributed by atoms with Crippen molar-refractivity contribution >= 4 is 11.6 Å². The maximum absolute atomic E-state index is 11.1. The number of anilines is 1. The largest absolute Gasteiger partial charge is 0.396 e. The molecule has 1 amide bonds. The lowest BCUT2D eigenvalue weighted by Crippen LogP contribution is -2.15. The molecule has 1 fully saturated rings. The standard InChI is InChI=1S/C11H18N4O/c12-9-7-15(14-10(9)11(13)16)8-5-3-1-2-4-6-8/h7-8H,1-6,12H2,(H2,13,16). The lowest BCUT2D eigenvalue weighted by atomic mass is 10.1. The molecule has 5 nitrogen and oxygen atoms in total. The number of hydrogen-bond donors (Lipinski definition) is 2. The van der Waals surface area contributed by atoms with E-state index in [2.05, 4.69) is 5.10 Å². The van der Waals surface area contributed by atoms with E-state index in [1.165, 1.54) is 25.7 Å². The van der Waals surface area contributed by atoms with Crippen molar-refractivity contribution in [1.82, 2.24) is 9.78 Å². The predicted molar refractivity (Wildman–Crippen MR) is 61.9 cm³/mol. The highest BCUT2D eigenvalue weighted by Crippen LogP contribution is 2.27. The van der Waals surface area contributed by atoms with Crippen molar-refractivity contribution in [2.45, 2.75) is 44.6 Å². The number of nitrogens with zero attached hydrogens (tertiary/aromatic N) is 2.